The smallest absolute Gasteiger partial charge is 0.230 e. The van der Waals surface area contributed by atoms with Gasteiger partial charge >= 0.3 is 0 Å². The standard InChI is InChI=1S/C21H26BrN3O/c1-16-7-8-18(15-19(16)22)23-21(26)9-10-24-11-13-25(14-12-24)20-6-4-3-5-17(20)2/h3-8,15H,9-14H2,1-2H3,(H,23,26)/p+1. The fourth-order valence-electron chi connectivity index (χ4n) is 3.42. The number of carbonyl (C=O) groups is 1. The highest BCUT2D eigenvalue weighted by Crippen LogP contribution is 2.21. The van der Waals surface area contributed by atoms with E-state index >= 15 is 0 Å². The van der Waals surface area contributed by atoms with Gasteiger partial charge in [0.1, 0.15) is 0 Å². The molecule has 0 atom stereocenters. The Labute approximate surface area is 164 Å². The molecule has 1 amide bonds. The Bertz CT molecular complexity index is 770. The summed E-state index contributed by atoms with van der Waals surface area (Å²) in [5, 5.41) is 3.00. The molecule has 0 radical (unpaired) electrons. The molecule has 5 heteroatoms. The van der Waals surface area contributed by atoms with E-state index in [-0.39, 0.29) is 5.91 Å². The molecule has 1 aliphatic heterocycles. The number of benzene rings is 2. The SMILES string of the molecule is Cc1ccc(NC(=O)CC[NH+]2CCN(c3ccccc3C)CC2)cc1Br. The number of halogens is 1. The zero-order chi connectivity index (χ0) is 18.5. The average molecular weight is 417 g/mol. The van der Waals surface area contributed by atoms with Crippen LogP contribution in [0.1, 0.15) is 17.5 Å². The first-order valence-corrected chi connectivity index (χ1v) is 10.0. The lowest BCUT2D eigenvalue weighted by molar-refractivity contribution is -0.900. The molecule has 138 valence electrons. The molecule has 0 aromatic heterocycles. The third-order valence-corrected chi connectivity index (χ3v) is 5.94. The molecule has 1 fully saturated rings. The van der Waals surface area contributed by atoms with Crippen molar-refractivity contribution < 1.29 is 9.69 Å². The molecule has 2 N–H and O–H groups in total. The van der Waals surface area contributed by atoms with Crippen molar-refractivity contribution in [3.8, 4) is 0 Å². The highest BCUT2D eigenvalue weighted by atomic mass is 79.9. The Morgan fingerprint density at radius 3 is 2.54 bits per heavy atom. The molecule has 26 heavy (non-hydrogen) atoms. The van der Waals surface area contributed by atoms with Crippen molar-refractivity contribution in [3.05, 3.63) is 58.1 Å². The maximum Gasteiger partial charge on any atom is 0.230 e. The Balaban J connectivity index is 1.44. The van der Waals surface area contributed by atoms with Crippen LogP contribution in [0.15, 0.2) is 46.9 Å². The molecule has 0 saturated carbocycles. The summed E-state index contributed by atoms with van der Waals surface area (Å²) >= 11 is 3.51. The minimum absolute atomic E-state index is 0.0922. The van der Waals surface area contributed by atoms with E-state index in [9.17, 15) is 4.79 Å². The second-order valence-electron chi connectivity index (χ2n) is 7.04. The van der Waals surface area contributed by atoms with Gasteiger partial charge in [0.05, 0.1) is 39.1 Å². The van der Waals surface area contributed by atoms with Crippen LogP contribution in [0, 0.1) is 13.8 Å². The number of nitrogens with zero attached hydrogens (tertiary/aromatic N) is 1. The number of nitrogens with one attached hydrogen (secondary N) is 2. The van der Waals surface area contributed by atoms with Gasteiger partial charge in [-0.15, -0.1) is 0 Å². The lowest BCUT2D eigenvalue weighted by Gasteiger charge is -2.34. The minimum atomic E-state index is 0.0922. The summed E-state index contributed by atoms with van der Waals surface area (Å²) in [6.07, 6.45) is 0.561. The van der Waals surface area contributed by atoms with Crippen molar-refractivity contribution in [2.24, 2.45) is 0 Å². The Morgan fingerprint density at radius 2 is 1.85 bits per heavy atom. The summed E-state index contributed by atoms with van der Waals surface area (Å²) in [7, 11) is 0. The number of amides is 1. The van der Waals surface area contributed by atoms with Crippen LogP contribution in [0.4, 0.5) is 11.4 Å². The predicted molar refractivity (Wildman–Crippen MR) is 111 cm³/mol. The van der Waals surface area contributed by atoms with E-state index in [0.29, 0.717) is 6.42 Å². The molecule has 2 aromatic rings. The molecule has 4 nitrogen and oxygen atoms in total. The lowest BCUT2D eigenvalue weighted by Crippen LogP contribution is -3.15. The maximum atomic E-state index is 12.2. The van der Waals surface area contributed by atoms with Crippen molar-refractivity contribution in [2.75, 3.05) is 42.9 Å². The van der Waals surface area contributed by atoms with Crippen LogP contribution in [0.25, 0.3) is 0 Å². The summed E-state index contributed by atoms with van der Waals surface area (Å²) in [6.45, 7) is 9.35. The third-order valence-electron chi connectivity index (χ3n) is 5.09. The second-order valence-corrected chi connectivity index (χ2v) is 7.89. The number of para-hydroxylation sites is 1. The second kappa shape index (κ2) is 8.69. The van der Waals surface area contributed by atoms with Gasteiger partial charge in [0.15, 0.2) is 0 Å². The first-order chi connectivity index (χ1) is 12.5. The van der Waals surface area contributed by atoms with Crippen LogP contribution in [-0.4, -0.2) is 38.6 Å². The van der Waals surface area contributed by atoms with E-state index in [2.05, 4.69) is 57.3 Å². The van der Waals surface area contributed by atoms with Gasteiger partial charge < -0.3 is 15.1 Å². The van der Waals surface area contributed by atoms with E-state index < -0.39 is 0 Å². The van der Waals surface area contributed by atoms with E-state index in [1.807, 2.05) is 25.1 Å². The van der Waals surface area contributed by atoms with Crippen molar-refractivity contribution >= 4 is 33.2 Å². The van der Waals surface area contributed by atoms with Gasteiger partial charge in [-0.2, -0.15) is 0 Å². The number of piperazine rings is 1. The van der Waals surface area contributed by atoms with E-state index in [1.165, 1.54) is 21.7 Å². The van der Waals surface area contributed by atoms with E-state index in [1.54, 1.807) is 0 Å². The van der Waals surface area contributed by atoms with Gasteiger partial charge in [-0.25, -0.2) is 0 Å². The van der Waals surface area contributed by atoms with Crippen molar-refractivity contribution in [1.29, 1.82) is 0 Å². The summed E-state index contributed by atoms with van der Waals surface area (Å²) in [5.41, 5.74) is 4.69. The van der Waals surface area contributed by atoms with Gasteiger partial charge in [-0.05, 0) is 43.2 Å². The fraction of sp³-hybridized carbons (Fsp3) is 0.381. The molecule has 1 heterocycles. The zero-order valence-corrected chi connectivity index (χ0v) is 17.1. The van der Waals surface area contributed by atoms with Gasteiger partial charge in [0.25, 0.3) is 0 Å². The van der Waals surface area contributed by atoms with E-state index in [0.717, 1.165) is 42.9 Å². The number of anilines is 2. The average Bonchev–Trinajstić information content (AvgIpc) is 2.64. The van der Waals surface area contributed by atoms with Gasteiger partial charge in [-0.3, -0.25) is 4.79 Å². The molecule has 3 rings (SSSR count). The molecule has 0 unspecified atom stereocenters. The first kappa shape index (κ1) is 18.9. The van der Waals surface area contributed by atoms with Gasteiger partial charge in [0.2, 0.25) is 5.91 Å². The molecule has 1 saturated heterocycles. The van der Waals surface area contributed by atoms with Crippen LogP contribution in [0.3, 0.4) is 0 Å². The fourth-order valence-corrected chi connectivity index (χ4v) is 3.80. The molecule has 1 aliphatic rings. The van der Waals surface area contributed by atoms with Crippen LogP contribution in [0.2, 0.25) is 0 Å². The number of hydrogen-bond acceptors (Lipinski definition) is 2. The van der Waals surface area contributed by atoms with Crippen LogP contribution in [-0.2, 0) is 4.79 Å². The summed E-state index contributed by atoms with van der Waals surface area (Å²) in [5.74, 6) is 0.0922. The Kier molecular flexibility index (Phi) is 6.33. The number of rotatable bonds is 5. The van der Waals surface area contributed by atoms with Crippen LogP contribution in [0.5, 0.6) is 0 Å². The summed E-state index contributed by atoms with van der Waals surface area (Å²) in [6, 6.07) is 14.5. The molecule has 2 aromatic carbocycles. The topological polar surface area (TPSA) is 36.8 Å². The third kappa shape index (κ3) is 4.86. The predicted octanol–water partition coefficient (Wildman–Crippen LogP) is 2.80. The van der Waals surface area contributed by atoms with Gasteiger partial charge in [0, 0.05) is 15.8 Å². The van der Waals surface area contributed by atoms with E-state index in [4.69, 9.17) is 0 Å². The number of hydrogen-bond donors (Lipinski definition) is 2. The van der Waals surface area contributed by atoms with Crippen LogP contribution >= 0.6 is 15.9 Å². The van der Waals surface area contributed by atoms with Gasteiger partial charge in [-0.1, -0.05) is 40.2 Å². The largest absolute Gasteiger partial charge is 0.360 e. The first-order valence-electron chi connectivity index (χ1n) is 9.23. The number of aryl methyl sites for hydroxylation is 2. The summed E-state index contributed by atoms with van der Waals surface area (Å²) < 4.78 is 1.02. The zero-order valence-electron chi connectivity index (χ0n) is 15.5. The number of carbonyl (C=O) groups excluding carboxylic acids is 1. The minimum Gasteiger partial charge on any atom is -0.360 e. The van der Waals surface area contributed by atoms with Crippen molar-refractivity contribution in [3.63, 3.8) is 0 Å². The molecular formula is C21H27BrN3O+. The Hall–Kier alpha value is -1.85. The monoisotopic (exact) mass is 416 g/mol. The maximum absolute atomic E-state index is 12.2. The quantitative estimate of drug-likeness (QED) is 0.785. The van der Waals surface area contributed by atoms with Crippen molar-refractivity contribution in [1.82, 2.24) is 0 Å². The molecule has 0 bridgehead atoms. The highest BCUT2D eigenvalue weighted by Gasteiger charge is 2.21. The molecule has 0 aliphatic carbocycles. The normalized spacial score (nSPS) is 15.1. The number of quaternary nitrogens is 1. The van der Waals surface area contributed by atoms with Crippen molar-refractivity contribution in [2.45, 2.75) is 20.3 Å². The highest BCUT2D eigenvalue weighted by molar-refractivity contribution is 9.10. The summed E-state index contributed by atoms with van der Waals surface area (Å²) in [4.78, 5) is 16.2. The molecule has 0 spiro atoms. The van der Waals surface area contributed by atoms with Crippen LogP contribution < -0.4 is 15.1 Å². The Morgan fingerprint density at radius 1 is 1.12 bits per heavy atom. The lowest BCUT2D eigenvalue weighted by atomic mass is 10.1. The molecular weight excluding hydrogens is 390 g/mol.